The SMILES string of the molecule is CCNC(=NCc1ccc(N2CCN(C)CC2)nc1)NCCc1ccc(Cl)nc1.I. The normalized spacial score (nSPS) is 14.9. The van der Waals surface area contributed by atoms with Gasteiger partial charge in [0, 0.05) is 51.7 Å². The van der Waals surface area contributed by atoms with Gasteiger partial charge in [-0.25, -0.2) is 15.0 Å². The van der Waals surface area contributed by atoms with E-state index < -0.39 is 0 Å². The van der Waals surface area contributed by atoms with E-state index in [-0.39, 0.29) is 24.0 Å². The van der Waals surface area contributed by atoms with Gasteiger partial charge in [0.2, 0.25) is 0 Å². The molecule has 0 unspecified atom stereocenters. The number of hydrogen-bond donors (Lipinski definition) is 2. The highest BCUT2D eigenvalue weighted by Crippen LogP contribution is 2.14. The van der Waals surface area contributed by atoms with Crippen LogP contribution in [0.25, 0.3) is 0 Å². The van der Waals surface area contributed by atoms with Gasteiger partial charge in [-0.15, -0.1) is 24.0 Å². The van der Waals surface area contributed by atoms with Crippen LogP contribution in [0.1, 0.15) is 18.1 Å². The third-order valence-corrected chi connectivity index (χ3v) is 5.12. The highest BCUT2D eigenvalue weighted by Gasteiger charge is 2.14. The maximum Gasteiger partial charge on any atom is 0.191 e. The molecule has 1 aliphatic heterocycles. The number of likely N-dealkylation sites (N-methyl/N-ethyl adjacent to an activating group) is 1. The fraction of sp³-hybridized carbons (Fsp3) is 0.476. The van der Waals surface area contributed by atoms with E-state index in [1.807, 2.05) is 24.5 Å². The summed E-state index contributed by atoms with van der Waals surface area (Å²) in [6, 6.07) is 8.03. The number of piperazine rings is 1. The highest BCUT2D eigenvalue weighted by molar-refractivity contribution is 14.0. The standard InChI is InChI=1S/C21H30ClN7.HI/c1-3-23-21(24-9-8-17-4-6-19(22)25-14-17)27-16-18-5-7-20(26-15-18)29-12-10-28(2)11-13-29;/h4-7,14-15H,3,8-13,16H2,1-2H3,(H2,23,24,27);1H. The molecule has 0 amide bonds. The van der Waals surface area contributed by atoms with Crippen LogP contribution in [-0.2, 0) is 13.0 Å². The van der Waals surface area contributed by atoms with Crippen molar-refractivity contribution in [1.82, 2.24) is 25.5 Å². The van der Waals surface area contributed by atoms with E-state index in [4.69, 9.17) is 11.6 Å². The second-order valence-electron chi connectivity index (χ2n) is 7.18. The number of nitrogens with zero attached hydrogens (tertiary/aromatic N) is 5. The van der Waals surface area contributed by atoms with Crippen molar-refractivity contribution >= 4 is 47.4 Å². The summed E-state index contributed by atoms with van der Waals surface area (Å²) in [5.41, 5.74) is 2.24. The first-order valence-electron chi connectivity index (χ1n) is 10.1. The Labute approximate surface area is 201 Å². The third kappa shape index (κ3) is 7.88. The molecular weight excluding hydrogens is 513 g/mol. The minimum absolute atomic E-state index is 0. The topological polar surface area (TPSA) is 68.7 Å². The number of pyridine rings is 2. The Hall–Kier alpha value is -1.65. The lowest BCUT2D eigenvalue weighted by Crippen LogP contribution is -2.44. The number of guanidine groups is 1. The van der Waals surface area contributed by atoms with E-state index in [0.29, 0.717) is 11.7 Å². The minimum Gasteiger partial charge on any atom is -0.357 e. The lowest BCUT2D eigenvalue weighted by molar-refractivity contribution is 0.312. The van der Waals surface area contributed by atoms with Crippen LogP contribution < -0.4 is 15.5 Å². The molecule has 1 aliphatic rings. The Balaban J connectivity index is 0.00000320. The van der Waals surface area contributed by atoms with Crippen LogP contribution in [0.4, 0.5) is 5.82 Å². The molecule has 0 aliphatic carbocycles. The number of hydrogen-bond acceptors (Lipinski definition) is 5. The van der Waals surface area contributed by atoms with Gasteiger partial charge < -0.3 is 20.4 Å². The van der Waals surface area contributed by atoms with E-state index in [2.05, 4.69) is 61.5 Å². The Morgan fingerprint density at radius 3 is 2.40 bits per heavy atom. The first-order valence-corrected chi connectivity index (χ1v) is 10.5. The van der Waals surface area contributed by atoms with Crippen LogP contribution in [0.5, 0.6) is 0 Å². The Kier molecular flexibility index (Phi) is 10.6. The zero-order chi connectivity index (χ0) is 20.5. The van der Waals surface area contributed by atoms with Gasteiger partial charge in [0.05, 0.1) is 6.54 Å². The van der Waals surface area contributed by atoms with Crippen molar-refractivity contribution in [2.24, 2.45) is 4.99 Å². The number of rotatable bonds is 7. The molecule has 164 valence electrons. The molecule has 0 radical (unpaired) electrons. The molecule has 30 heavy (non-hydrogen) atoms. The largest absolute Gasteiger partial charge is 0.357 e. The predicted octanol–water partition coefficient (Wildman–Crippen LogP) is 2.80. The molecule has 0 bridgehead atoms. The molecule has 0 aromatic carbocycles. The number of aromatic nitrogens is 2. The molecule has 3 rings (SSSR count). The van der Waals surface area contributed by atoms with Gasteiger partial charge in [0.25, 0.3) is 0 Å². The third-order valence-electron chi connectivity index (χ3n) is 4.90. The van der Waals surface area contributed by atoms with Gasteiger partial charge in [-0.2, -0.15) is 0 Å². The van der Waals surface area contributed by atoms with E-state index >= 15 is 0 Å². The smallest absolute Gasteiger partial charge is 0.191 e. The fourth-order valence-electron chi connectivity index (χ4n) is 3.12. The number of aliphatic imine (C=N–C) groups is 1. The summed E-state index contributed by atoms with van der Waals surface area (Å²) in [5.74, 6) is 1.85. The number of halogens is 2. The first kappa shape index (κ1) is 24.6. The summed E-state index contributed by atoms with van der Waals surface area (Å²) >= 11 is 5.83. The van der Waals surface area contributed by atoms with Gasteiger partial charge in [-0.1, -0.05) is 23.7 Å². The maximum atomic E-state index is 5.83. The molecule has 0 spiro atoms. The summed E-state index contributed by atoms with van der Waals surface area (Å²) < 4.78 is 0. The van der Waals surface area contributed by atoms with E-state index in [1.54, 1.807) is 0 Å². The highest BCUT2D eigenvalue weighted by atomic mass is 127. The van der Waals surface area contributed by atoms with E-state index in [9.17, 15) is 0 Å². The lowest BCUT2D eigenvalue weighted by Gasteiger charge is -2.33. The van der Waals surface area contributed by atoms with Gasteiger partial charge in [0.15, 0.2) is 5.96 Å². The first-order chi connectivity index (χ1) is 14.1. The van der Waals surface area contributed by atoms with Crippen molar-refractivity contribution in [2.75, 3.05) is 51.2 Å². The van der Waals surface area contributed by atoms with Gasteiger partial charge in [-0.05, 0) is 43.7 Å². The van der Waals surface area contributed by atoms with Crippen LogP contribution in [0.15, 0.2) is 41.7 Å². The average Bonchev–Trinajstić information content (AvgIpc) is 2.74. The molecular formula is C21H31ClIN7. The van der Waals surface area contributed by atoms with Crippen LogP contribution >= 0.6 is 35.6 Å². The van der Waals surface area contributed by atoms with Crippen LogP contribution in [0, 0.1) is 0 Å². The van der Waals surface area contributed by atoms with E-state index in [0.717, 1.165) is 68.6 Å². The molecule has 2 aromatic rings. The van der Waals surface area contributed by atoms with Crippen molar-refractivity contribution in [3.8, 4) is 0 Å². The summed E-state index contributed by atoms with van der Waals surface area (Å²) in [6.45, 7) is 8.46. The predicted molar refractivity (Wildman–Crippen MR) is 135 cm³/mol. The Morgan fingerprint density at radius 2 is 1.77 bits per heavy atom. The van der Waals surface area contributed by atoms with Gasteiger partial charge >= 0.3 is 0 Å². The molecule has 1 fully saturated rings. The second kappa shape index (κ2) is 12.9. The van der Waals surface area contributed by atoms with Crippen LogP contribution in [-0.4, -0.2) is 67.1 Å². The van der Waals surface area contributed by atoms with Crippen LogP contribution in [0.2, 0.25) is 5.15 Å². The Morgan fingerprint density at radius 1 is 1.03 bits per heavy atom. The lowest BCUT2D eigenvalue weighted by atomic mass is 10.2. The van der Waals surface area contributed by atoms with Crippen molar-refractivity contribution in [1.29, 1.82) is 0 Å². The summed E-state index contributed by atoms with van der Waals surface area (Å²) in [6.07, 6.45) is 4.59. The van der Waals surface area contributed by atoms with Crippen molar-refractivity contribution in [3.05, 3.63) is 52.9 Å². The van der Waals surface area contributed by atoms with E-state index in [1.165, 1.54) is 0 Å². The van der Waals surface area contributed by atoms with Gasteiger partial charge in [0.1, 0.15) is 11.0 Å². The molecule has 9 heteroatoms. The van der Waals surface area contributed by atoms with Crippen molar-refractivity contribution in [3.63, 3.8) is 0 Å². The molecule has 0 saturated carbocycles. The molecule has 3 heterocycles. The molecule has 0 atom stereocenters. The van der Waals surface area contributed by atoms with Crippen LogP contribution in [0.3, 0.4) is 0 Å². The number of nitrogens with one attached hydrogen (secondary N) is 2. The molecule has 7 nitrogen and oxygen atoms in total. The molecule has 1 saturated heterocycles. The zero-order valence-corrected chi connectivity index (χ0v) is 20.7. The summed E-state index contributed by atoms with van der Waals surface area (Å²) in [5, 5.41) is 7.17. The Bertz CT molecular complexity index is 775. The second-order valence-corrected chi connectivity index (χ2v) is 7.56. The maximum absolute atomic E-state index is 5.83. The minimum atomic E-state index is 0. The monoisotopic (exact) mass is 543 g/mol. The van der Waals surface area contributed by atoms with Crippen molar-refractivity contribution < 1.29 is 0 Å². The number of anilines is 1. The summed E-state index contributed by atoms with van der Waals surface area (Å²) in [4.78, 5) is 18.1. The zero-order valence-electron chi connectivity index (χ0n) is 17.6. The quantitative estimate of drug-likeness (QED) is 0.242. The average molecular weight is 544 g/mol. The van der Waals surface area contributed by atoms with Gasteiger partial charge in [-0.3, -0.25) is 0 Å². The summed E-state index contributed by atoms with van der Waals surface area (Å²) in [7, 11) is 2.16. The van der Waals surface area contributed by atoms with Crippen molar-refractivity contribution in [2.45, 2.75) is 19.9 Å². The fourth-order valence-corrected chi connectivity index (χ4v) is 3.24. The molecule has 2 N–H and O–H groups in total. The molecule has 2 aromatic heterocycles.